The average molecular weight is 408 g/mol. The zero-order valence-electron chi connectivity index (χ0n) is 18.5. The number of hydrogen-bond acceptors (Lipinski definition) is 3. The standard InChI is InChI=1S/C24H33N5O/c1-18(2)30-17-21-10-7-9-20(15-21)16-27-24(25-4)26-13-8-14-29-19(3)28-22-11-5-6-12-23(22)29/h5-7,9-12,15,18H,8,13-14,16-17H2,1-4H3,(H2,25,26,27). The van der Waals surface area contributed by atoms with Crippen LogP contribution in [0.2, 0.25) is 0 Å². The Morgan fingerprint density at radius 2 is 1.90 bits per heavy atom. The molecule has 0 amide bonds. The van der Waals surface area contributed by atoms with Crippen molar-refractivity contribution in [2.75, 3.05) is 13.6 Å². The van der Waals surface area contributed by atoms with E-state index in [0.29, 0.717) is 6.61 Å². The summed E-state index contributed by atoms with van der Waals surface area (Å²) in [5.41, 5.74) is 4.65. The first-order chi connectivity index (χ1) is 14.6. The SMILES string of the molecule is CN=C(NCCCn1c(C)nc2ccccc21)NCc1cccc(COC(C)C)c1. The third kappa shape index (κ3) is 6.07. The molecule has 1 aromatic heterocycles. The van der Waals surface area contributed by atoms with Gasteiger partial charge in [0.05, 0.1) is 23.7 Å². The summed E-state index contributed by atoms with van der Waals surface area (Å²) in [6.07, 6.45) is 1.23. The highest BCUT2D eigenvalue weighted by atomic mass is 16.5. The summed E-state index contributed by atoms with van der Waals surface area (Å²) in [6.45, 7) is 9.30. The van der Waals surface area contributed by atoms with E-state index in [-0.39, 0.29) is 6.10 Å². The van der Waals surface area contributed by atoms with Crippen molar-refractivity contribution >= 4 is 17.0 Å². The Kier molecular flexibility index (Phi) is 7.85. The molecule has 0 fully saturated rings. The Bertz CT molecular complexity index is 977. The summed E-state index contributed by atoms with van der Waals surface area (Å²) in [5.74, 6) is 1.87. The topological polar surface area (TPSA) is 63.5 Å². The minimum absolute atomic E-state index is 0.235. The molecule has 0 saturated heterocycles. The van der Waals surface area contributed by atoms with Crippen LogP contribution in [-0.4, -0.2) is 35.2 Å². The van der Waals surface area contributed by atoms with E-state index < -0.39 is 0 Å². The molecular weight excluding hydrogens is 374 g/mol. The summed E-state index contributed by atoms with van der Waals surface area (Å²) in [4.78, 5) is 8.97. The van der Waals surface area contributed by atoms with E-state index >= 15 is 0 Å². The van der Waals surface area contributed by atoms with Crippen LogP contribution >= 0.6 is 0 Å². The number of para-hydroxylation sites is 2. The highest BCUT2D eigenvalue weighted by Crippen LogP contribution is 2.15. The van der Waals surface area contributed by atoms with E-state index in [9.17, 15) is 0 Å². The number of imidazole rings is 1. The molecule has 0 saturated carbocycles. The van der Waals surface area contributed by atoms with Gasteiger partial charge in [-0.1, -0.05) is 36.4 Å². The van der Waals surface area contributed by atoms with Crippen molar-refractivity contribution < 1.29 is 4.74 Å². The molecule has 0 unspecified atom stereocenters. The summed E-state index contributed by atoms with van der Waals surface area (Å²) in [6, 6.07) is 16.8. The maximum Gasteiger partial charge on any atom is 0.191 e. The number of ether oxygens (including phenoxy) is 1. The summed E-state index contributed by atoms with van der Waals surface area (Å²) >= 11 is 0. The predicted octanol–water partition coefficient (Wildman–Crippen LogP) is 4.03. The lowest BCUT2D eigenvalue weighted by atomic mass is 10.1. The molecule has 1 heterocycles. The number of hydrogen-bond donors (Lipinski definition) is 2. The van der Waals surface area contributed by atoms with Crippen molar-refractivity contribution in [3.05, 3.63) is 65.5 Å². The molecule has 0 spiro atoms. The zero-order valence-corrected chi connectivity index (χ0v) is 18.5. The predicted molar refractivity (Wildman–Crippen MR) is 124 cm³/mol. The molecule has 0 atom stereocenters. The molecular formula is C24H33N5O. The molecule has 0 aliphatic rings. The number of aromatic nitrogens is 2. The third-order valence-electron chi connectivity index (χ3n) is 4.95. The van der Waals surface area contributed by atoms with E-state index in [0.717, 1.165) is 43.4 Å². The third-order valence-corrected chi connectivity index (χ3v) is 4.95. The van der Waals surface area contributed by atoms with Crippen molar-refractivity contribution in [2.45, 2.75) is 53.0 Å². The second-order valence-electron chi connectivity index (χ2n) is 7.69. The first-order valence-corrected chi connectivity index (χ1v) is 10.6. The van der Waals surface area contributed by atoms with Gasteiger partial charge >= 0.3 is 0 Å². The summed E-state index contributed by atoms with van der Waals surface area (Å²) < 4.78 is 7.97. The molecule has 6 nitrogen and oxygen atoms in total. The molecule has 0 aliphatic heterocycles. The smallest absolute Gasteiger partial charge is 0.191 e. The molecule has 2 aromatic carbocycles. The van der Waals surface area contributed by atoms with E-state index in [4.69, 9.17) is 4.74 Å². The largest absolute Gasteiger partial charge is 0.374 e. The molecule has 3 rings (SSSR count). The van der Waals surface area contributed by atoms with Crippen LogP contribution in [-0.2, 0) is 24.4 Å². The molecule has 0 aliphatic carbocycles. The number of rotatable bonds is 9. The van der Waals surface area contributed by atoms with Gasteiger partial charge in [0.1, 0.15) is 5.82 Å². The van der Waals surface area contributed by atoms with E-state index in [1.165, 1.54) is 16.6 Å². The fourth-order valence-electron chi connectivity index (χ4n) is 3.42. The number of fused-ring (bicyclic) bond motifs is 1. The van der Waals surface area contributed by atoms with Gasteiger partial charge < -0.3 is 19.9 Å². The van der Waals surface area contributed by atoms with Crippen LogP contribution in [0.4, 0.5) is 0 Å². The van der Waals surface area contributed by atoms with Gasteiger partial charge in [-0.3, -0.25) is 4.99 Å². The van der Waals surface area contributed by atoms with E-state index in [2.05, 4.69) is 88.4 Å². The maximum absolute atomic E-state index is 5.70. The van der Waals surface area contributed by atoms with Gasteiger partial charge in [-0.15, -0.1) is 0 Å². The number of aryl methyl sites for hydroxylation is 2. The minimum Gasteiger partial charge on any atom is -0.374 e. The zero-order chi connectivity index (χ0) is 21.3. The Balaban J connectivity index is 1.45. The fraction of sp³-hybridized carbons (Fsp3) is 0.417. The molecule has 160 valence electrons. The number of guanidine groups is 1. The van der Waals surface area contributed by atoms with Gasteiger partial charge in [-0.25, -0.2) is 4.98 Å². The molecule has 2 N–H and O–H groups in total. The van der Waals surface area contributed by atoms with E-state index in [1.807, 2.05) is 6.07 Å². The Morgan fingerprint density at radius 1 is 1.10 bits per heavy atom. The van der Waals surface area contributed by atoms with Crippen LogP contribution in [0.15, 0.2) is 53.5 Å². The lowest BCUT2D eigenvalue weighted by molar-refractivity contribution is 0.0657. The van der Waals surface area contributed by atoms with Crippen LogP contribution < -0.4 is 10.6 Å². The quantitative estimate of drug-likeness (QED) is 0.319. The van der Waals surface area contributed by atoms with Crippen molar-refractivity contribution in [3.8, 4) is 0 Å². The lowest BCUT2D eigenvalue weighted by Gasteiger charge is -2.13. The first kappa shape index (κ1) is 21.8. The van der Waals surface area contributed by atoms with Crippen LogP contribution in [0.25, 0.3) is 11.0 Å². The monoisotopic (exact) mass is 407 g/mol. The van der Waals surface area contributed by atoms with Crippen molar-refractivity contribution in [2.24, 2.45) is 4.99 Å². The van der Waals surface area contributed by atoms with E-state index in [1.54, 1.807) is 7.05 Å². The van der Waals surface area contributed by atoms with Crippen molar-refractivity contribution in [1.82, 2.24) is 20.2 Å². The van der Waals surface area contributed by atoms with Crippen molar-refractivity contribution in [1.29, 1.82) is 0 Å². The molecule has 30 heavy (non-hydrogen) atoms. The van der Waals surface area contributed by atoms with Gasteiger partial charge in [0.25, 0.3) is 0 Å². The number of nitrogens with one attached hydrogen (secondary N) is 2. The van der Waals surface area contributed by atoms with Gasteiger partial charge in [0, 0.05) is 26.7 Å². The molecule has 3 aromatic rings. The summed E-state index contributed by atoms with van der Waals surface area (Å²) in [7, 11) is 1.80. The normalized spacial score (nSPS) is 12.0. The minimum atomic E-state index is 0.235. The maximum atomic E-state index is 5.70. The summed E-state index contributed by atoms with van der Waals surface area (Å²) in [5, 5.41) is 6.80. The number of nitrogens with zero attached hydrogens (tertiary/aromatic N) is 3. The molecule has 0 bridgehead atoms. The second-order valence-corrected chi connectivity index (χ2v) is 7.69. The fourth-order valence-corrected chi connectivity index (χ4v) is 3.42. The Hall–Kier alpha value is -2.86. The number of aliphatic imine (C=N–C) groups is 1. The lowest BCUT2D eigenvalue weighted by Crippen LogP contribution is -2.37. The van der Waals surface area contributed by atoms with Crippen LogP contribution in [0.1, 0.15) is 37.2 Å². The average Bonchev–Trinajstić information content (AvgIpc) is 3.07. The highest BCUT2D eigenvalue weighted by molar-refractivity contribution is 5.79. The van der Waals surface area contributed by atoms with Crippen LogP contribution in [0.5, 0.6) is 0 Å². The van der Waals surface area contributed by atoms with Gasteiger partial charge in [-0.05, 0) is 50.5 Å². The van der Waals surface area contributed by atoms with Gasteiger partial charge in [-0.2, -0.15) is 0 Å². The van der Waals surface area contributed by atoms with Crippen LogP contribution in [0, 0.1) is 6.92 Å². The van der Waals surface area contributed by atoms with Gasteiger partial charge in [0.2, 0.25) is 0 Å². The highest BCUT2D eigenvalue weighted by Gasteiger charge is 2.06. The Labute approximate surface area is 179 Å². The Morgan fingerprint density at radius 3 is 2.70 bits per heavy atom. The van der Waals surface area contributed by atoms with Crippen molar-refractivity contribution in [3.63, 3.8) is 0 Å². The molecule has 0 radical (unpaired) electrons. The number of benzene rings is 2. The first-order valence-electron chi connectivity index (χ1n) is 10.6. The van der Waals surface area contributed by atoms with Gasteiger partial charge in [0.15, 0.2) is 5.96 Å². The second kappa shape index (κ2) is 10.8. The molecule has 6 heteroatoms. The van der Waals surface area contributed by atoms with Crippen LogP contribution in [0.3, 0.4) is 0 Å².